The van der Waals surface area contributed by atoms with E-state index in [-0.39, 0.29) is 24.4 Å². The van der Waals surface area contributed by atoms with Crippen LogP contribution in [0, 0.1) is 11.6 Å². The Morgan fingerprint density at radius 2 is 1.90 bits per heavy atom. The van der Waals surface area contributed by atoms with Gasteiger partial charge in [-0.3, -0.25) is 19.3 Å². The van der Waals surface area contributed by atoms with E-state index < -0.39 is 35.8 Å². The Hall–Kier alpha value is -2.35. The van der Waals surface area contributed by atoms with Crippen LogP contribution in [0.4, 0.5) is 14.5 Å². The van der Waals surface area contributed by atoms with Gasteiger partial charge in [0.25, 0.3) is 11.7 Å². The normalized spacial score (nSPS) is 13.7. The molecule has 0 aromatic heterocycles. The molecule has 0 saturated carbocycles. The van der Waals surface area contributed by atoms with Gasteiger partial charge in [0.15, 0.2) is 11.6 Å². The van der Waals surface area contributed by atoms with Gasteiger partial charge in [0.05, 0.1) is 17.9 Å². The molecule has 0 fully saturated rings. The molecular formula is C12H10F2N2O4. The highest BCUT2D eigenvalue weighted by atomic mass is 19.2. The summed E-state index contributed by atoms with van der Waals surface area (Å²) >= 11 is 0. The van der Waals surface area contributed by atoms with Crippen molar-refractivity contribution < 1.29 is 28.3 Å². The standard InChI is InChI=1S/C12H10F2N2O4/c13-7-3-6-9(4-8(7)14)16(12(20)11(6)19)5-10(18)15-1-2-17/h3-4,17H,1-2,5H2,(H,15,18). The lowest BCUT2D eigenvalue weighted by atomic mass is 10.1. The summed E-state index contributed by atoms with van der Waals surface area (Å²) in [4.78, 5) is 35.6. The molecule has 0 bridgehead atoms. The van der Waals surface area contributed by atoms with Crippen LogP contribution in [0.15, 0.2) is 12.1 Å². The summed E-state index contributed by atoms with van der Waals surface area (Å²) in [6, 6.07) is 1.34. The van der Waals surface area contributed by atoms with Crippen molar-refractivity contribution >= 4 is 23.3 Å². The minimum Gasteiger partial charge on any atom is -0.395 e. The van der Waals surface area contributed by atoms with E-state index in [1.165, 1.54) is 0 Å². The van der Waals surface area contributed by atoms with Crippen molar-refractivity contribution in [2.75, 3.05) is 24.6 Å². The Balaban J connectivity index is 2.28. The minimum atomic E-state index is -1.24. The van der Waals surface area contributed by atoms with Gasteiger partial charge in [-0.1, -0.05) is 0 Å². The molecule has 8 heteroatoms. The molecule has 1 aliphatic rings. The van der Waals surface area contributed by atoms with Gasteiger partial charge in [0.1, 0.15) is 6.54 Å². The number of anilines is 1. The average Bonchev–Trinajstić information content (AvgIpc) is 2.63. The highest BCUT2D eigenvalue weighted by molar-refractivity contribution is 6.52. The van der Waals surface area contributed by atoms with E-state index in [2.05, 4.69) is 5.32 Å². The molecule has 2 rings (SSSR count). The van der Waals surface area contributed by atoms with Crippen LogP contribution in [0.1, 0.15) is 10.4 Å². The van der Waals surface area contributed by atoms with E-state index in [4.69, 9.17) is 5.11 Å². The van der Waals surface area contributed by atoms with Crippen LogP contribution >= 0.6 is 0 Å². The quantitative estimate of drug-likeness (QED) is 0.737. The van der Waals surface area contributed by atoms with Crippen molar-refractivity contribution in [1.82, 2.24) is 5.32 Å². The fourth-order valence-electron chi connectivity index (χ4n) is 1.84. The van der Waals surface area contributed by atoms with Crippen molar-refractivity contribution in [3.05, 3.63) is 29.3 Å². The highest BCUT2D eigenvalue weighted by Gasteiger charge is 2.37. The van der Waals surface area contributed by atoms with Crippen molar-refractivity contribution in [3.63, 3.8) is 0 Å². The second-order valence-corrected chi connectivity index (χ2v) is 4.08. The van der Waals surface area contributed by atoms with Gasteiger partial charge in [0.2, 0.25) is 5.91 Å². The zero-order valence-corrected chi connectivity index (χ0v) is 10.2. The predicted octanol–water partition coefficient (Wildman–Crippen LogP) is -0.397. The van der Waals surface area contributed by atoms with Crippen molar-refractivity contribution in [3.8, 4) is 0 Å². The molecule has 0 unspecified atom stereocenters. The van der Waals surface area contributed by atoms with Crippen LogP contribution in [0.5, 0.6) is 0 Å². The molecular weight excluding hydrogens is 274 g/mol. The van der Waals surface area contributed by atoms with Crippen molar-refractivity contribution in [2.45, 2.75) is 0 Å². The summed E-state index contributed by atoms with van der Waals surface area (Å²) in [5.41, 5.74) is -0.415. The molecule has 1 aromatic carbocycles. The van der Waals surface area contributed by atoms with Gasteiger partial charge in [-0.25, -0.2) is 8.78 Å². The third kappa shape index (κ3) is 2.37. The molecule has 106 valence electrons. The number of aliphatic hydroxyl groups excluding tert-OH is 1. The SMILES string of the molecule is O=C(CN1C(=O)C(=O)c2cc(F)c(F)cc21)NCCO. The van der Waals surface area contributed by atoms with Crippen molar-refractivity contribution in [1.29, 1.82) is 0 Å². The maximum absolute atomic E-state index is 13.2. The molecule has 1 aliphatic heterocycles. The molecule has 6 nitrogen and oxygen atoms in total. The smallest absolute Gasteiger partial charge is 0.299 e. The number of amides is 2. The number of aliphatic hydroxyl groups is 1. The molecule has 20 heavy (non-hydrogen) atoms. The topological polar surface area (TPSA) is 86.7 Å². The summed E-state index contributed by atoms with van der Waals surface area (Å²) in [5, 5.41) is 10.8. The maximum Gasteiger partial charge on any atom is 0.299 e. The number of benzene rings is 1. The Labute approximate surface area is 112 Å². The predicted molar refractivity (Wildman–Crippen MR) is 63.1 cm³/mol. The van der Waals surface area contributed by atoms with Crippen LogP contribution in [0.25, 0.3) is 0 Å². The third-order valence-electron chi connectivity index (χ3n) is 2.75. The Morgan fingerprint density at radius 3 is 2.55 bits per heavy atom. The van der Waals surface area contributed by atoms with Crippen molar-refractivity contribution in [2.24, 2.45) is 0 Å². The first kappa shape index (κ1) is 14.1. The fraction of sp³-hybridized carbons (Fsp3) is 0.250. The van der Waals surface area contributed by atoms with E-state index in [0.717, 1.165) is 4.90 Å². The first-order chi connectivity index (χ1) is 9.45. The van der Waals surface area contributed by atoms with Gasteiger partial charge in [-0.2, -0.15) is 0 Å². The fourth-order valence-corrected chi connectivity index (χ4v) is 1.84. The number of hydrogen-bond donors (Lipinski definition) is 2. The third-order valence-corrected chi connectivity index (χ3v) is 2.75. The summed E-state index contributed by atoms with van der Waals surface area (Å²) in [6.07, 6.45) is 0. The summed E-state index contributed by atoms with van der Waals surface area (Å²) < 4.78 is 26.3. The molecule has 0 aliphatic carbocycles. The molecule has 2 amide bonds. The summed E-state index contributed by atoms with van der Waals surface area (Å²) in [5.74, 6) is -5.10. The Bertz CT molecular complexity index is 603. The largest absolute Gasteiger partial charge is 0.395 e. The number of Topliss-reactive ketones (excluding diaryl/α,β-unsaturated/α-hetero) is 1. The number of halogens is 2. The molecule has 1 aromatic rings. The first-order valence-electron chi connectivity index (χ1n) is 5.68. The lowest BCUT2D eigenvalue weighted by molar-refractivity contribution is -0.122. The van der Waals surface area contributed by atoms with Gasteiger partial charge < -0.3 is 10.4 Å². The zero-order chi connectivity index (χ0) is 14.9. The summed E-state index contributed by atoms with van der Waals surface area (Å²) in [7, 11) is 0. The van der Waals surface area contributed by atoms with Gasteiger partial charge >= 0.3 is 0 Å². The second-order valence-electron chi connectivity index (χ2n) is 4.08. The van der Waals surface area contributed by atoms with Crippen LogP contribution in [-0.2, 0) is 9.59 Å². The first-order valence-corrected chi connectivity index (χ1v) is 5.68. The van der Waals surface area contributed by atoms with E-state index in [1.807, 2.05) is 0 Å². The molecule has 0 spiro atoms. The number of ketones is 1. The number of nitrogens with one attached hydrogen (secondary N) is 1. The molecule has 0 radical (unpaired) electrons. The second kappa shape index (κ2) is 5.33. The minimum absolute atomic E-state index is 0.0144. The van der Waals surface area contributed by atoms with E-state index in [9.17, 15) is 23.2 Å². The van der Waals surface area contributed by atoms with E-state index >= 15 is 0 Å². The number of nitrogens with zero attached hydrogens (tertiary/aromatic N) is 1. The molecule has 2 N–H and O–H groups in total. The number of rotatable bonds is 4. The molecule has 0 saturated heterocycles. The van der Waals surface area contributed by atoms with Gasteiger partial charge in [-0.15, -0.1) is 0 Å². The molecule has 1 heterocycles. The van der Waals surface area contributed by atoms with Crippen LogP contribution < -0.4 is 10.2 Å². The number of carbonyl (C=O) groups excluding carboxylic acids is 3. The Morgan fingerprint density at radius 1 is 1.25 bits per heavy atom. The number of fused-ring (bicyclic) bond motifs is 1. The van der Waals surface area contributed by atoms with Crippen LogP contribution in [0.3, 0.4) is 0 Å². The van der Waals surface area contributed by atoms with Crippen LogP contribution in [-0.4, -0.2) is 42.4 Å². The lowest BCUT2D eigenvalue weighted by Crippen LogP contribution is -2.40. The van der Waals surface area contributed by atoms with Crippen LogP contribution in [0.2, 0.25) is 0 Å². The maximum atomic E-state index is 13.2. The van der Waals surface area contributed by atoms with Gasteiger partial charge in [0, 0.05) is 12.6 Å². The highest BCUT2D eigenvalue weighted by Crippen LogP contribution is 2.30. The Kier molecular flexibility index (Phi) is 3.75. The average molecular weight is 284 g/mol. The monoisotopic (exact) mass is 284 g/mol. The van der Waals surface area contributed by atoms with E-state index in [0.29, 0.717) is 12.1 Å². The van der Waals surface area contributed by atoms with Gasteiger partial charge in [-0.05, 0) is 6.07 Å². The van der Waals surface area contributed by atoms with E-state index in [1.54, 1.807) is 0 Å². The zero-order valence-electron chi connectivity index (χ0n) is 10.2. The summed E-state index contributed by atoms with van der Waals surface area (Å²) in [6.45, 7) is -0.808. The number of carbonyl (C=O) groups is 3. The molecule has 0 atom stereocenters. The number of hydrogen-bond acceptors (Lipinski definition) is 4. The lowest BCUT2D eigenvalue weighted by Gasteiger charge is -2.15.